The summed E-state index contributed by atoms with van der Waals surface area (Å²) in [6, 6.07) is 13.5. The van der Waals surface area contributed by atoms with Crippen molar-refractivity contribution < 1.29 is 9.66 Å². The highest BCUT2D eigenvalue weighted by Gasteiger charge is 2.14. The van der Waals surface area contributed by atoms with E-state index in [1.165, 1.54) is 41.3 Å². The average Bonchev–Trinajstić information content (AvgIpc) is 3.09. The van der Waals surface area contributed by atoms with Gasteiger partial charge in [0.05, 0.1) is 23.3 Å². The number of aromatic nitrogens is 2. The first-order valence-electron chi connectivity index (χ1n) is 7.20. The van der Waals surface area contributed by atoms with E-state index in [0.29, 0.717) is 20.1 Å². The topological polar surface area (TPSA) is 114 Å². The smallest absolute Gasteiger partial charge is 0.270 e. The molecule has 1 heterocycles. The Labute approximate surface area is 156 Å². The standard InChI is InChI=1S/C16H11N5O3S2/c1-24-13-5-3-2-4-12(13)18-15-19-20-16(26-15)25-14-7-6-11(21(22)23)8-10(14)9-17/h2-8H,1H3,(H,18,19). The van der Waals surface area contributed by atoms with E-state index in [1.807, 2.05) is 30.3 Å². The lowest BCUT2D eigenvalue weighted by atomic mass is 10.2. The number of rotatable bonds is 6. The maximum Gasteiger partial charge on any atom is 0.270 e. The van der Waals surface area contributed by atoms with E-state index in [1.54, 1.807) is 7.11 Å². The molecule has 1 aromatic heterocycles. The van der Waals surface area contributed by atoms with E-state index in [9.17, 15) is 15.4 Å². The number of nitriles is 1. The molecule has 0 aliphatic rings. The van der Waals surface area contributed by atoms with E-state index in [0.717, 1.165) is 5.69 Å². The average molecular weight is 385 g/mol. The molecule has 0 fully saturated rings. The first kappa shape index (κ1) is 17.7. The molecule has 130 valence electrons. The zero-order valence-corrected chi connectivity index (χ0v) is 15.0. The Hall–Kier alpha value is -3.16. The first-order chi connectivity index (χ1) is 12.6. The molecule has 0 amide bonds. The van der Waals surface area contributed by atoms with Gasteiger partial charge in [-0.15, -0.1) is 10.2 Å². The van der Waals surface area contributed by atoms with Crippen LogP contribution in [0.5, 0.6) is 5.75 Å². The van der Waals surface area contributed by atoms with E-state index in [2.05, 4.69) is 15.5 Å². The molecule has 26 heavy (non-hydrogen) atoms. The van der Waals surface area contributed by atoms with E-state index >= 15 is 0 Å². The Morgan fingerprint density at radius 3 is 2.85 bits per heavy atom. The van der Waals surface area contributed by atoms with Gasteiger partial charge in [0.25, 0.3) is 5.69 Å². The number of para-hydroxylation sites is 2. The summed E-state index contributed by atoms with van der Waals surface area (Å²) in [4.78, 5) is 10.9. The molecule has 3 rings (SSSR count). The number of hydrogen-bond acceptors (Lipinski definition) is 9. The van der Waals surface area contributed by atoms with Crippen LogP contribution in [0.4, 0.5) is 16.5 Å². The van der Waals surface area contributed by atoms with E-state index in [4.69, 9.17) is 4.74 Å². The first-order valence-corrected chi connectivity index (χ1v) is 8.84. The second-order valence-corrected chi connectivity index (χ2v) is 7.12. The van der Waals surface area contributed by atoms with E-state index in [-0.39, 0.29) is 11.3 Å². The summed E-state index contributed by atoms with van der Waals surface area (Å²) in [5, 5.41) is 31.9. The molecule has 0 radical (unpaired) electrons. The zero-order valence-electron chi connectivity index (χ0n) is 13.4. The molecular weight excluding hydrogens is 374 g/mol. The molecule has 0 bridgehead atoms. The largest absolute Gasteiger partial charge is 0.495 e. The number of nitro benzene ring substituents is 1. The van der Waals surface area contributed by atoms with Crippen molar-refractivity contribution in [1.29, 1.82) is 5.26 Å². The number of benzene rings is 2. The Balaban J connectivity index is 1.79. The molecule has 0 saturated carbocycles. The number of anilines is 2. The molecule has 1 N–H and O–H groups in total. The van der Waals surface area contributed by atoms with Gasteiger partial charge in [-0.05, 0) is 18.2 Å². The van der Waals surface area contributed by atoms with Gasteiger partial charge in [-0.1, -0.05) is 35.2 Å². The zero-order chi connectivity index (χ0) is 18.5. The number of nitro groups is 1. The highest BCUT2D eigenvalue weighted by Crippen LogP contribution is 2.36. The van der Waals surface area contributed by atoms with Crippen molar-refractivity contribution in [3.05, 3.63) is 58.1 Å². The molecule has 0 aliphatic carbocycles. The third kappa shape index (κ3) is 3.90. The lowest BCUT2D eigenvalue weighted by Crippen LogP contribution is -1.93. The SMILES string of the molecule is COc1ccccc1Nc1nnc(Sc2ccc([N+](=O)[O-])cc2C#N)s1. The fourth-order valence-electron chi connectivity index (χ4n) is 2.07. The predicted octanol–water partition coefficient (Wildman–Crippen LogP) is 4.22. The van der Waals surface area contributed by atoms with Crippen molar-refractivity contribution in [1.82, 2.24) is 10.2 Å². The van der Waals surface area contributed by atoms with Gasteiger partial charge in [0.1, 0.15) is 11.8 Å². The highest BCUT2D eigenvalue weighted by molar-refractivity contribution is 8.01. The summed E-state index contributed by atoms with van der Waals surface area (Å²) in [6.07, 6.45) is 0. The quantitative estimate of drug-likeness (QED) is 0.495. The van der Waals surface area contributed by atoms with Gasteiger partial charge in [-0.2, -0.15) is 5.26 Å². The van der Waals surface area contributed by atoms with Crippen molar-refractivity contribution >= 4 is 39.6 Å². The molecular formula is C16H11N5O3S2. The Kier molecular flexibility index (Phi) is 5.31. The van der Waals surface area contributed by atoms with Crippen LogP contribution in [0, 0.1) is 21.4 Å². The third-order valence-electron chi connectivity index (χ3n) is 3.25. The molecule has 0 spiro atoms. The summed E-state index contributed by atoms with van der Waals surface area (Å²) >= 11 is 2.53. The molecule has 2 aromatic carbocycles. The van der Waals surface area contributed by atoms with Crippen LogP contribution in [-0.2, 0) is 0 Å². The molecule has 0 aliphatic heterocycles. The van der Waals surface area contributed by atoms with Crippen molar-refractivity contribution in [2.45, 2.75) is 9.24 Å². The van der Waals surface area contributed by atoms with Crippen LogP contribution in [0.25, 0.3) is 0 Å². The number of hydrogen-bond donors (Lipinski definition) is 1. The summed E-state index contributed by atoms with van der Waals surface area (Å²) in [7, 11) is 1.58. The number of non-ortho nitro benzene ring substituents is 1. The van der Waals surface area contributed by atoms with Gasteiger partial charge in [-0.3, -0.25) is 10.1 Å². The van der Waals surface area contributed by atoms with Crippen LogP contribution in [0.15, 0.2) is 51.7 Å². The van der Waals surface area contributed by atoms with Gasteiger partial charge in [0, 0.05) is 17.0 Å². The van der Waals surface area contributed by atoms with Gasteiger partial charge in [0.15, 0.2) is 4.34 Å². The molecule has 0 unspecified atom stereocenters. The predicted molar refractivity (Wildman–Crippen MR) is 98.1 cm³/mol. The van der Waals surface area contributed by atoms with Crippen molar-refractivity contribution in [3.63, 3.8) is 0 Å². The maximum atomic E-state index is 10.8. The summed E-state index contributed by atoms with van der Waals surface area (Å²) in [5.74, 6) is 0.680. The molecule has 8 nitrogen and oxygen atoms in total. The Morgan fingerprint density at radius 1 is 1.31 bits per heavy atom. The number of nitrogens with one attached hydrogen (secondary N) is 1. The monoisotopic (exact) mass is 385 g/mol. The van der Waals surface area contributed by atoms with Crippen LogP contribution >= 0.6 is 23.1 Å². The lowest BCUT2D eigenvalue weighted by molar-refractivity contribution is -0.384. The second kappa shape index (κ2) is 7.81. The molecule has 0 saturated heterocycles. The highest BCUT2D eigenvalue weighted by atomic mass is 32.2. The van der Waals surface area contributed by atoms with Crippen LogP contribution in [-0.4, -0.2) is 22.2 Å². The van der Waals surface area contributed by atoms with Crippen molar-refractivity contribution in [2.75, 3.05) is 12.4 Å². The minimum absolute atomic E-state index is 0.123. The fraction of sp³-hybridized carbons (Fsp3) is 0.0625. The van der Waals surface area contributed by atoms with Gasteiger partial charge < -0.3 is 10.1 Å². The molecule has 3 aromatic rings. The number of nitrogens with zero attached hydrogens (tertiary/aromatic N) is 4. The van der Waals surface area contributed by atoms with Crippen LogP contribution in [0.1, 0.15) is 5.56 Å². The normalized spacial score (nSPS) is 10.2. The van der Waals surface area contributed by atoms with Gasteiger partial charge >= 0.3 is 0 Å². The van der Waals surface area contributed by atoms with Crippen LogP contribution in [0.3, 0.4) is 0 Å². The van der Waals surface area contributed by atoms with Crippen molar-refractivity contribution in [3.8, 4) is 11.8 Å². The minimum Gasteiger partial charge on any atom is -0.495 e. The Morgan fingerprint density at radius 2 is 2.12 bits per heavy atom. The van der Waals surface area contributed by atoms with Gasteiger partial charge in [0.2, 0.25) is 5.13 Å². The summed E-state index contributed by atoms with van der Waals surface area (Å²) in [6.45, 7) is 0. The number of methoxy groups -OCH3 is 1. The van der Waals surface area contributed by atoms with E-state index < -0.39 is 4.92 Å². The fourth-order valence-corrected chi connectivity index (χ4v) is 3.85. The number of ether oxygens (including phenoxy) is 1. The summed E-state index contributed by atoms with van der Waals surface area (Å²) in [5.41, 5.74) is 0.857. The second-order valence-electron chi connectivity index (χ2n) is 4.85. The molecule has 10 heteroatoms. The van der Waals surface area contributed by atoms with Crippen molar-refractivity contribution in [2.24, 2.45) is 0 Å². The van der Waals surface area contributed by atoms with Crippen LogP contribution < -0.4 is 10.1 Å². The summed E-state index contributed by atoms with van der Waals surface area (Å²) < 4.78 is 5.88. The van der Waals surface area contributed by atoms with Gasteiger partial charge in [-0.25, -0.2) is 0 Å². The van der Waals surface area contributed by atoms with Crippen LogP contribution in [0.2, 0.25) is 0 Å². The Bertz CT molecular complexity index is 1000. The third-order valence-corrected chi connectivity index (χ3v) is 5.21. The maximum absolute atomic E-state index is 10.8. The molecule has 0 atom stereocenters. The lowest BCUT2D eigenvalue weighted by Gasteiger charge is -2.07. The minimum atomic E-state index is -0.532.